The highest BCUT2D eigenvalue weighted by molar-refractivity contribution is 7.90. The molecule has 1 saturated heterocycles. The second-order valence-corrected chi connectivity index (χ2v) is 7.09. The molecule has 1 fully saturated rings. The average molecular weight is 298 g/mol. The van der Waals surface area contributed by atoms with E-state index in [9.17, 15) is 13.5 Å². The van der Waals surface area contributed by atoms with Gasteiger partial charge in [0.15, 0.2) is 0 Å². The summed E-state index contributed by atoms with van der Waals surface area (Å²) < 4.78 is 28.7. The molecule has 1 atom stereocenters. The Hall–Kier alpha value is -1.27. The summed E-state index contributed by atoms with van der Waals surface area (Å²) in [5.74, 6) is 0.326. The van der Waals surface area contributed by atoms with Crippen molar-refractivity contribution in [3.05, 3.63) is 23.8 Å². The molecule has 1 aliphatic rings. The zero-order valence-electron chi connectivity index (χ0n) is 12.0. The van der Waals surface area contributed by atoms with Crippen LogP contribution in [0.4, 0.5) is 5.69 Å². The number of phenols is 1. The summed E-state index contributed by atoms with van der Waals surface area (Å²) in [6, 6.07) is 4.99. The van der Waals surface area contributed by atoms with Gasteiger partial charge in [0.25, 0.3) is 0 Å². The molecule has 0 radical (unpaired) electrons. The van der Waals surface area contributed by atoms with E-state index in [4.69, 9.17) is 0 Å². The minimum Gasteiger partial charge on any atom is -0.506 e. The number of benzene rings is 1. The van der Waals surface area contributed by atoms with Gasteiger partial charge < -0.3 is 5.11 Å². The molecule has 1 aliphatic heterocycles. The number of phenolic OH excluding ortho intramolecular Hbond substituents is 1. The normalized spacial score (nSPS) is 20.8. The topological polar surface area (TPSA) is 69.6 Å². The first-order valence-corrected chi connectivity index (χ1v) is 8.46. The lowest BCUT2D eigenvalue weighted by molar-refractivity contribution is 0.282. The Balaban J connectivity index is 2.19. The fourth-order valence-corrected chi connectivity index (χ4v) is 3.84. The number of nitrogens with zero attached hydrogens (tertiary/aromatic N) is 1. The van der Waals surface area contributed by atoms with Gasteiger partial charge in [0.05, 0.1) is 5.69 Å². The third-order valence-corrected chi connectivity index (χ3v) is 5.16. The van der Waals surface area contributed by atoms with Crippen molar-refractivity contribution in [2.45, 2.75) is 33.1 Å². The lowest BCUT2D eigenvalue weighted by Gasteiger charge is -2.30. The Morgan fingerprint density at radius 1 is 1.45 bits per heavy atom. The Morgan fingerprint density at radius 3 is 2.85 bits per heavy atom. The molecule has 0 amide bonds. The van der Waals surface area contributed by atoms with Crippen molar-refractivity contribution in [2.75, 3.05) is 17.8 Å². The van der Waals surface area contributed by atoms with Crippen LogP contribution >= 0.6 is 0 Å². The van der Waals surface area contributed by atoms with Gasteiger partial charge in [-0.05, 0) is 42.9 Å². The lowest BCUT2D eigenvalue weighted by atomic mass is 10.0. The first-order valence-electron chi connectivity index (χ1n) is 7.02. The molecule has 0 aromatic heterocycles. The molecule has 0 bridgehead atoms. The summed E-state index contributed by atoms with van der Waals surface area (Å²) in [5.41, 5.74) is 1.23. The van der Waals surface area contributed by atoms with Crippen LogP contribution in [-0.2, 0) is 16.6 Å². The molecule has 20 heavy (non-hydrogen) atoms. The van der Waals surface area contributed by atoms with E-state index in [0.717, 1.165) is 24.8 Å². The predicted octanol–water partition coefficient (Wildman–Crippen LogP) is 2.34. The molecule has 6 heteroatoms. The molecule has 2 N–H and O–H groups in total. The summed E-state index contributed by atoms with van der Waals surface area (Å²) >= 11 is 0. The van der Waals surface area contributed by atoms with E-state index >= 15 is 0 Å². The van der Waals surface area contributed by atoms with Crippen LogP contribution < -0.4 is 4.72 Å². The van der Waals surface area contributed by atoms with Gasteiger partial charge in [-0.15, -0.1) is 0 Å². The Bertz CT molecular complexity index is 572. The molecule has 1 aromatic carbocycles. The van der Waals surface area contributed by atoms with Gasteiger partial charge in [0, 0.05) is 13.1 Å². The number of hydrogen-bond donors (Lipinski definition) is 2. The molecule has 1 unspecified atom stereocenters. The number of aromatic hydroxyl groups is 1. The summed E-state index contributed by atoms with van der Waals surface area (Å²) in [5, 5.41) is 9.80. The van der Waals surface area contributed by atoms with Gasteiger partial charge in [-0.3, -0.25) is 4.72 Å². The average Bonchev–Trinajstić information content (AvgIpc) is 2.41. The molecule has 0 saturated carbocycles. The maximum atomic E-state index is 12.4. The van der Waals surface area contributed by atoms with Crippen LogP contribution in [0, 0.1) is 5.92 Å². The highest BCUT2D eigenvalue weighted by Crippen LogP contribution is 2.27. The van der Waals surface area contributed by atoms with E-state index in [2.05, 4.69) is 11.6 Å². The molecule has 0 aliphatic carbocycles. The van der Waals surface area contributed by atoms with Gasteiger partial charge in [0.1, 0.15) is 5.75 Å². The van der Waals surface area contributed by atoms with Gasteiger partial charge in [-0.25, -0.2) is 0 Å². The Kier molecular flexibility index (Phi) is 4.55. The number of aryl methyl sites for hydroxylation is 1. The first kappa shape index (κ1) is 15.1. The lowest BCUT2D eigenvalue weighted by Crippen LogP contribution is -2.42. The summed E-state index contributed by atoms with van der Waals surface area (Å²) in [4.78, 5) is 0. The smallest absolute Gasteiger partial charge is 0.301 e. The Morgan fingerprint density at radius 2 is 2.20 bits per heavy atom. The van der Waals surface area contributed by atoms with Crippen LogP contribution in [0.15, 0.2) is 18.2 Å². The maximum Gasteiger partial charge on any atom is 0.301 e. The summed E-state index contributed by atoms with van der Waals surface area (Å²) in [7, 11) is -3.59. The van der Waals surface area contributed by atoms with Gasteiger partial charge in [-0.2, -0.15) is 12.7 Å². The van der Waals surface area contributed by atoms with E-state index < -0.39 is 10.2 Å². The van der Waals surface area contributed by atoms with Crippen LogP contribution in [0.3, 0.4) is 0 Å². The summed E-state index contributed by atoms with van der Waals surface area (Å²) in [6.45, 7) is 5.10. The standard InChI is InChI=1S/C14H22N2O3S/c1-3-12-6-7-14(17)13(9-12)15-20(18,19)16-8-4-5-11(2)10-16/h6-7,9,11,15,17H,3-5,8,10H2,1-2H3. The predicted molar refractivity (Wildman–Crippen MR) is 80.0 cm³/mol. The molecular weight excluding hydrogens is 276 g/mol. The van der Waals surface area contributed by atoms with E-state index in [1.54, 1.807) is 12.1 Å². The van der Waals surface area contributed by atoms with Gasteiger partial charge in [0.2, 0.25) is 0 Å². The molecule has 5 nitrogen and oxygen atoms in total. The van der Waals surface area contributed by atoms with E-state index in [-0.39, 0.29) is 11.4 Å². The second kappa shape index (κ2) is 6.01. The van der Waals surface area contributed by atoms with Crippen molar-refractivity contribution >= 4 is 15.9 Å². The number of piperidine rings is 1. The fourth-order valence-electron chi connectivity index (χ4n) is 2.45. The number of hydrogen-bond acceptors (Lipinski definition) is 3. The monoisotopic (exact) mass is 298 g/mol. The quantitative estimate of drug-likeness (QED) is 0.838. The van der Waals surface area contributed by atoms with Crippen LogP contribution in [0.1, 0.15) is 32.3 Å². The molecule has 1 aromatic rings. The minimum atomic E-state index is -3.59. The fraction of sp³-hybridized carbons (Fsp3) is 0.571. The van der Waals surface area contributed by atoms with Crippen LogP contribution in [0.2, 0.25) is 0 Å². The zero-order valence-corrected chi connectivity index (χ0v) is 12.8. The molecule has 112 valence electrons. The van der Waals surface area contributed by atoms with Crippen LogP contribution in [0.25, 0.3) is 0 Å². The number of rotatable bonds is 4. The third-order valence-electron chi connectivity index (χ3n) is 3.67. The van der Waals surface area contributed by atoms with E-state index in [0.29, 0.717) is 19.0 Å². The van der Waals surface area contributed by atoms with Crippen molar-refractivity contribution in [1.82, 2.24) is 4.31 Å². The SMILES string of the molecule is CCc1ccc(O)c(NS(=O)(=O)N2CCCC(C)C2)c1. The van der Waals surface area contributed by atoms with Gasteiger partial charge >= 0.3 is 10.2 Å². The molecule has 2 rings (SSSR count). The minimum absolute atomic E-state index is 0.0455. The van der Waals surface area contributed by atoms with Gasteiger partial charge in [-0.1, -0.05) is 19.9 Å². The molecular formula is C14H22N2O3S. The van der Waals surface area contributed by atoms with Crippen molar-refractivity contribution in [1.29, 1.82) is 0 Å². The van der Waals surface area contributed by atoms with Crippen molar-refractivity contribution < 1.29 is 13.5 Å². The van der Waals surface area contributed by atoms with Crippen molar-refractivity contribution in [3.8, 4) is 5.75 Å². The number of anilines is 1. The zero-order chi connectivity index (χ0) is 14.8. The molecule has 1 heterocycles. The number of nitrogens with one attached hydrogen (secondary N) is 1. The van der Waals surface area contributed by atoms with E-state index in [1.165, 1.54) is 10.4 Å². The van der Waals surface area contributed by atoms with Crippen LogP contribution in [-0.4, -0.2) is 30.9 Å². The van der Waals surface area contributed by atoms with Crippen LogP contribution in [0.5, 0.6) is 5.75 Å². The highest BCUT2D eigenvalue weighted by Gasteiger charge is 2.27. The van der Waals surface area contributed by atoms with Crippen molar-refractivity contribution in [3.63, 3.8) is 0 Å². The van der Waals surface area contributed by atoms with E-state index in [1.807, 2.05) is 6.92 Å². The molecule has 0 spiro atoms. The second-order valence-electron chi connectivity index (χ2n) is 5.42. The maximum absolute atomic E-state index is 12.4. The largest absolute Gasteiger partial charge is 0.506 e. The summed E-state index contributed by atoms with van der Waals surface area (Å²) in [6.07, 6.45) is 2.72. The third kappa shape index (κ3) is 3.43. The highest BCUT2D eigenvalue weighted by atomic mass is 32.2. The van der Waals surface area contributed by atoms with Crippen molar-refractivity contribution in [2.24, 2.45) is 5.92 Å². The Labute approximate surface area is 120 Å². The first-order chi connectivity index (χ1) is 9.42.